The van der Waals surface area contributed by atoms with Crippen LogP contribution >= 0.6 is 46.3 Å². The molecule has 31 heavy (non-hydrogen) atoms. The molecule has 0 saturated carbocycles. The number of hydrogen-bond donors (Lipinski definition) is 2. The zero-order chi connectivity index (χ0) is 21.8. The minimum Gasteiger partial charge on any atom is -0.322 e. The molecule has 0 saturated heterocycles. The molecular weight excluding hydrogens is 473 g/mol. The number of aromatic nitrogens is 1. The van der Waals surface area contributed by atoms with Crippen LogP contribution in [-0.4, -0.2) is 22.6 Å². The number of rotatable bonds is 6. The van der Waals surface area contributed by atoms with E-state index in [0.717, 1.165) is 15.1 Å². The van der Waals surface area contributed by atoms with Crippen LogP contribution in [0.4, 0.5) is 10.8 Å². The van der Waals surface area contributed by atoms with E-state index in [4.69, 9.17) is 23.2 Å². The molecule has 0 spiro atoms. The highest BCUT2D eigenvalue weighted by atomic mass is 35.5. The SMILES string of the molecule is O=C(CSc1cccc(NC(=O)c2ccc(Cl)cc2Cl)c1)Nc1nc2ccccc2s1. The summed E-state index contributed by atoms with van der Waals surface area (Å²) >= 11 is 14.8. The number of hydrogen-bond acceptors (Lipinski definition) is 5. The van der Waals surface area contributed by atoms with Crippen LogP contribution in [0.5, 0.6) is 0 Å². The lowest BCUT2D eigenvalue weighted by Gasteiger charge is -2.09. The van der Waals surface area contributed by atoms with Crippen molar-refractivity contribution in [3.05, 3.63) is 82.3 Å². The molecule has 2 amide bonds. The van der Waals surface area contributed by atoms with Gasteiger partial charge in [-0.2, -0.15) is 0 Å². The third-order valence-electron chi connectivity index (χ3n) is 4.18. The standard InChI is InChI=1S/C22H15Cl2N3O2S2/c23-13-8-9-16(17(24)10-13)21(29)25-14-4-3-5-15(11-14)30-12-20(28)27-22-26-18-6-1-2-7-19(18)31-22/h1-11H,12H2,(H,25,29)(H,26,27,28). The van der Waals surface area contributed by atoms with Gasteiger partial charge in [0.15, 0.2) is 5.13 Å². The lowest BCUT2D eigenvalue weighted by Crippen LogP contribution is -2.14. The maximum Gasteiger partial charge on any atom is 0.257 e. The van der Waals surface area contributed by atoms with Crippen molar-refractivity contribution in [2.24, 2.45) is 0 Å². The van der Waals surface area contributed by atoms with Crippen LogP contribution in [0.1, 0.15) is 10.4 Å². The summed E-state index contributed by atoms with van der Waals surface area (Å²) in [6.45, 7) is 0. The molecule has 0 bridgehead atoms. The quantitative estimate of drug-likeness (QED) is 0.301. The second-order valence-corrected chi connectivity index (χ2v) is 9.35. The predicted molar refractivity (Wildman–Crippen MR) is 130 cm³/mol. The highest BCUT2D eigenvalue weighted by molar-refractivity contribution is 8.00. The smallest absolute Gasteiger partial charge is 0.257 e. The Morgan fingerprint density at radius 3 is 2.61 bits per heavy atom. The average molecular weight is 488 g/mol. The number of halogens is 2. The highest BCUT2D eigenvalue weighted by Gasteiger charge is 2.12. The van der Waals surface area contributed by atoms with Crippen LogP contribution in [0.25, 0.3) is 10.2 Å². The zero-order valence-electron chi connectivity index (χ0n) is 15.9. The van der Waals surface area contributed by atoms with E-state index in [2.05, 4.69) is 15.6 Å². The number of fused-ring (bicyclic) bond motifs is 1. The van der Waals surface area contributed by atoms with Crippen molar-refractivity contribution in [2.75, 3.05) is 16.4 Å². The molecule has 0 radical (unpaired) electrons. The minimum atomic E-state index is -0.336. The summed E-state index contributed by atoms with van der Waals surface area (Å²) in [4.78, 5) is 30.1. The van der Waals surface area contributed by atoms with Gasteiger partial charge in [-0.1, -0.05) is 52.7 Å². The molecule has 1 heterocycles. The Labute approximate surface area is 196 Å². The molecule has 0 aliphatic rings. The topological polar surface area (TPSA) is 71.1 Å². The van der Waals surface area contributed by atoms with Gasteiger partial charge in [0, 0.05) is 15.6 Å². The molecule has 3 aromatic carbocycles. The largest absolute Gasteiger partial charge is 0.322 e. The summed E-state index contributed by atoms with van der Waals surface area (Å²) in [5.41, 5.74) is 1.80. The van der Waals surface area contributed by atoms with Gasteiger partial charge in [-0.05, 0) is 48.5 Å². The van der Waals surface area contributed by atoms with Crippen molar-refractivity contribution >= 4 is 79.2 Å². The summed E-state index contributed by atoms with van der Waals surface area (Å²) in [6, 6.07) is 19.7. The fourth-order valence-electron chi connectivity index (χ4n) is 2.77. The first-order valence-electron chi connectivity index (χ1n) is 9.12. The zero-order valence-corrected chi connectivity index (χ0v) is 19.0. The number of carbonyl (C=O) groups excluding carboxylic acids is 2. The highest BCUT2D eigenvalue weighted by Crippen LogP contribution is 2.27. The van der Waals surface area contributed by atoms with Gasteiger partial charge in [-0.15, -0.1) is 11.8 Å². The van der Waals surface area contributed by atoms with E-state index in [1.807, 2.05) is 36.4 Å². The molecule has 1 aromatic heterocycles. The first-order valence-corrected chi connectivity index (χ1v) is 11.7. The first-order chi connectivity index (χ1) is 15.0. The van der Waals surface area contributed by atoms with E-state index in [-0.39, 0.29) is 22.6 Å². The summed E-state index contributed by atoms with van der Waals surface area (Å²) in [5, 5.41) is 6.96. The molecule has 0 aliphatic carbocycles. The molecule has 4 rings (SSSR count). The van der Waals surface area contributed by atoms with Crippen LogP contribution in [0, 0.1) is 0 Å². The summed E-state index contributed by atoms with van der Waals surface area (Å²) in [7, 11) is 0. The average Bonchev–Trinajstić information content (AvgIpc) is 3.14. The number of amides is 2. The predicted octanol–water partition coefficient (Wildman–Crippen LogP) is 6.59. The van der Waals surface area contributed by atoms with Gasteiger partial charge in [-0.25, -0.2) is 4.98 Å². The molecule has 5 nitrogen and oxygen atoms in total. The Morgan fingerprint density at radius 2 is 1.81 bits per heavy atom. The molecule has 0 aliphatic heterocycles. The number of anilines is 2. The van der Waals surface area contributed by atoms with Gasteiger partial charge < -0.3 is 10.6 Å². The lowest BCUT2D eigenvalue weighted by atomic mass is 10.2. The molecule has 0 fully saturated rings. The van der Waals surface area contributed by atoms with E-state index in [9.17, 15) is 9.59 Å². The van der Waals surface area contributed by atoms with E-state index < -0.39 is 0 Å². The van der Waals surface area contributed by atoms with Crippen LogP contribution < -0.4 is 10.6 Å². The van der Waals surface area contributed by atoms with Gasteiger partial charge in [0.1, 0.15) is 0 Å². The van der Waals surface area contributed by atoms with Gasteiger partial charge in [0.25, 0.3) is 5.91 Å². The normalized spacial score (nSPS) is 10.8. The van der Waals surface area contributed by atoms with Crippen LogP contribution in [0.3, 0.4) is 0 Å². The van der Waals surface area contributed by atoms with E-state index in [0.29, 0.717) is 21.4 Å². The third kappa shape index (κ3) is 5.57. The van der Waals surface area contributed by atoms with E-state index >= 15 is 0 Å². The van der Waals surface area contributed by atoms with Crippen molar-refractivity contribution in [1.82, 2.24) is 4.98 Å². The van der Waals surface area contributed by atoms with E-state index in [1.54, 1.807) is 24.3 Å². The maximum absolute atomic E-state index is 12.5. The van der Waals surface area contributed by atoms with Crippen LogP contribution in [0.15, 0.2) is 71.6 Å². The minimum absolute atomic E-state index is 0.147. The first kappa shape index (κ1) is 21.6. The number of thiazole rings is 1. The number of thioether (sulfide) groups is 1. The fraction of sp³-hybridized carbons (Fsp3) is 0.0455. The van der Waals surface area contributed by atoms with Crippen molar-refractivity contribution in [2.45, 2.75) is 4.90 Å². The fourth-order valence-corrected chi connectivity index (χ4v) is 4.90. The molecule has 2 N–H and O–H groups in total. The molecule has 0 unspecified atom stereocenters. The Hall–Kier alpha value is -2.58. The van der Waals surface area contributed by atoms with Gasteiger partial charge in [0.05, 0.1) is 26.6 Å². The summed E-state index contributed by atoms with van der Waals surface area (Å²) < 4.78 is 1.02. The Bertz CT molecular complexity index is 1240. The number of carbonyl (C=O) groups is 2. The number of nitrogens with one attached hydrogen (secondary N) is 2. The Kier molecular flexibility index (Phi) is 6.77. The lowest BCUT2D eigenvalue weighted by molar-refractivity contribution is -0.113. The Balaban J connectivity index is 1.35. The molecule has 4 aromatic rings. The second kappa shape index (κ2) is 9.70. The number of para-hydroxylation sites is 1. The number of benzene rings is 3. The third-order valence-corrected chi connectivity index (χ3v) is 6.67. The number of nitrogens with zero attached hydrogens (tertiary/aromatic N) is 1. The molecule has 156 valence electrons. The second-order valence-electron chi connectivity index (χ2n) is 6.43. The Morgan fingerprint density at radius 1 is 0.968 bits per heavy atom. The monoisotopic (exact) mass is 487 g/mol. The van der Waals surface area contributed by atoms with Crippen molar-refractivity contribution in [3.8, 4) is 0 Å². The maximum atomic E-state index is 12.5. The molecule has 0 atom stereocenters. The van der Waals surface area contributed by atoms with Gasteiger partial charge in [0.2, 0.25) is 5.91 Å². The van der Waals surface area contributed by atoms with Crippen molar-refractivity contribution in [3.63, 3.8) is 0 Å². The van der Waals surface area contributed by atoms with Crippen LogP contribution in [0.2, 0.25) is 10.0 Å². The van der Waals surface area contributed by atoms with Crippen LogP contribution in [-0.2, 0) is 4.79 Å². The van der Waals surface area contributed by atoms with E-state index in [1.165, 1.54) is 29.2 Å². The molecular formula is C22H15Cl2N3O2S2. The summed E-state index contributed by atoms with van der Waals surface area (Å²) in [6.07, 6.45) is 0. The molecule has 9 heteroatoms. The van der Waals surface area contributed by atoms with Crippen molar-refractivity contribution < 1.29 is 9.59 Å². The van der Waals surface area contributed by atoms with Gasteiger partial charge in [-0.3, -0.25) is 9.59 Å². The van der Waals surface area contributed by atoms with Gasteiger partial charge >= 0.3 is 0 Å². The summed E-state index contributed by atoms with van der Waals surface area (Å²) in [5.74, 6) is -0.264. The van der Waals surface area contributed by atoms with Crippen molar-refractivity contribution in [1.29, 1.82) is 0 Å².